The molecule has 0 fully saturated rings. The van der Waals surface area contributed by atoms with E-state index in [-0.39, 0.29) is 0 Å². The van der Waals surface area contributed by atoms with Crippen molar-refractivity contribution in [1.29, 1.82) is 0 Å². The smallest absolute Gasteiger partial charge is 0.163 e. The number of hydrogen-bond acceptors (Lipinski definition) is 4. The monoisotopic (exact) mass is 295 g/mol. The summed E-state index contributed by atoms with van der Waals surface area (Å²) in [6.07, 6.45) is 2.08. The van der Waals surface area contributed by atoms with E-state index in [0.29, 0.717) is 0 Å². The first-order valence-corrected chi connectivity index (χ1v) is 8.00. The molecule has 0 aliphatic rings. The Balaban J connectivity index is 2.29. The third-order valence-corrected chi connectivity index (χ3v) is 4.15. The maximum atomic E-state index is 4.78. The molecule has 3 aromatic rings. The summed E-state index contributed by atoms with van der Waals surface area (Å²) < 4.78 is 0. The van der Waals surface area contributed by atoms with Crippen LogP contribution >= 0.6 is 11.8 Å². The lowest BCUT2D eigenvalue weighted by Crippen LogP contribution is -2.12. The molecular formula is C17H17N3S. The molecule has 4 heteroatoms. The first-order chi connectivity index (χ1) is 10.2. The normalized spacial score (nSPS) is 10.8. The molecule has 0 amide bonds. The summed E-state index contributed by atoms with van der Waals surface area (Å²) in [5.74, 6) is 1.73. The van der Waals surface area contributed by atoms with Gasteiger partial charge in [-0.25, -0.2) is 9.97 Å². The van der Waals surface area contributed by atoms with E-state index in [9.17, 15) is 0 Å². The minimum Gasteiger partial charge on any atom is -0.362 e. The van der Waals surface area contributed by atoms with Gasteiger partial charge < -0.3 is 4.90 Å². The highest BCUT2D eigenvalue weighted by Crippen LogP contribution is 2.31. The Hall–Kier alpha value is -2.07. The second-order valence-electron chi connectivity index (χ2n) is 4.98. The summed E-state index contributed by atoms with van der Waals surface area (Å²) in [4.78, 5) is 12.8. The first kappa shape index (κ1) is 13.9. The SMILES string of the molecule is CSc1ccccc1-c1nc(N(C)C)c2ccccc2n1. The highest BCUT2D eigenvalue weighted by atomic mass is 32.2. The predicted octanol–water partition coefficient (Wildman–Crippen LogP) is 4.08. The first-order valence-electron chi connectivity index (χ1n) is 6.78. The number of thioether (sulfide) groups is 1. The molecule has 106 valence electrons. The Bertz CT molecular complexity index is 784. The highest BCUT2D eigenvalue weighted by molar-refractivity contribution is 7.98. The van der Waals surface area contributed by atoms with Crippen LogP contribution in [0.25, 0.3) is 22.3 Å². The molecule has 0 N–H and O–H groups in total. The van der Waals surface area contributed by atoms with E-state index in [2.05, 4.69) is 24.5 Å². The summed E-state index contributed by atoms with van der Waals surface area (Å²) in [5.41, 5.74) is 2.06. The van der Waals surface area contributed by atoms with E-state index in [1.807, 2.05) is 49.3 Å². The Labute approximate surface area is 129 Å². The van der Waals surface area contributed by atoms with Gasteiger partial charge >= 0.3 is 0 Å². The number of benzene rings is 2. The third-order valence-electron chi connectivity index (χ3n) is 3.35. The van der Waals surface area contributed by atoms with Crippen LogP contribution in [0.15, 0.2) is 53.4 Å². The summed E-state index contributed by atoms with van der Waals surface area (Å²) in [7, 11) is 4.03. The van der Waals surface area contributed by atoms with Crippen LogP contribution in [0.5, 0.6) is 0 Å². The zero-order valence-corrected chi connectivity index (χ0v) is 13.2. The lowest BCUT2D eigenvalue weighted by molar-refractivity contribution is 1.06. The van der Waals surface area contributed by atoms with Crippen molar-refractivity contribution >= 4 is 28.5 Å². The molecular weight excluding hydrogens is 278 g/mol. The average Bonchev–Trinajstić information content (AvgIpc) is 2.53. The van der Waals surface area contributed by atoms with Gasteiger partial charge in [0.15, 0.2) is 5.82 Å². The maximum absolute atomic E-state index is 4.78. The fourth-order valence-electron chi connectivity index (χ4n) is 2.35. The number of fused-ring (bicyclic) bond motifs is 1. The number of rotatable bonds is 3. The molecule has 3 nitrogen and oxygen atoms in total. The molecule has 0 saturated heterocycles. The van der Waals surface area contributed by atoms with Crippen molar-refractivity contribution < 1.29 is 0 Å². The fraction of sp³-hybridized carbons (Fsp3) is 0.176. The maximum Gasteiger partial charge on any atom is 0.163 e. The number of para-hydroxylation sites is 1. The zero-order chi connectivity index (χ0) is 14.8. The van der Waals surface area contributed by atoms with E-state index in [4.69, 9.17) is 9.97 Å². The molecule has 0 radical (unpaired) electrons. The molecule has 0 aliphatic heterocycles. The van der Waals surface area contributed by atoms with Crippen LogP contribution in [0.3, 0.4) is 0 Å². The standard InChI is InChI=1S/C17H17N3S/c1-20(2)17-12-8-4-6-10-14(12)18-16(19-17)13-9-5-7-11-15(13)21-3/h4-11H,1-3H3. The van der Waals surface area contributed by atoms with Crippen molar-refractivity contribution in [3.8, 4) is 11.4 Å². The number of hydrogen-bond donors (Lipinski definition) is 0. The Kier molecular flexibility index (Phi) is 3.80. The summed E-state index contributed by atoms with van der Waals surface area (Å²) in [6.45, 7) is 0. The molecule has 1 heterocycles. The van der Waals surface area contributed by atoms with Crippen molar-refractivity contribution in [1.82, 2.24) is 9.97 Å². The van der Waals surface area contributed by atoms with E-state index < -0.39 is 0 Å². The minimum absolute atomic E-state index is 0.780. The van der Waals surface area contributed by atoms with Crippen LogP contribution in [-0.4, -0.2) is 30.3 Å². The number of aromatic nitrogens is 2. The van der Waals surface area contributed by atoms with E-state index >= 15 is 0 Å². The van der Waals surface area contributed by atoms with Crippen LogP contribution in [0.2, 0.25) is 0 Å². The molecule has 2 aromatic carbocycles. The third kappa shape index (κ3) is 2.59. The van der Waals surface area contributed by atoms with Gasteiger partial charge in [-0.1, -0.05) is 30.3 Å². The largest absolute Gasteiger partial charge is 0.362 e. The minimum atomic E-state index is 0.780. The summed E-state index contributed by atoms with van der Waals surface area (Å²) >= 11 is 1.72. The average molecular weight is 295 g/mol. The highest BCUT2D eigenvalue weighted by Gasteiger charge is 2.12. The molecule has 1 aromatic heterocycles. The Morgan fingerprint density at radius 3 is 2.38 bits per heavy atom. The molecule has 21 heavy (non-hydrogen) atoms. The van der Waals surface area contributed by atoms with Gasteiger partial charge in [0.2, 0.25) is 0 Å². The van der Waals surface area contributed by atoms with Gasteiger partial charge in [-0.3, -0.25) is 0 Å². The molecule has 0 spiro atoms. The molecule has 0 aliphatic carbocycles. The van der Waals surface area contributed by atoms with Crippen LogP contribution in [0.4, 0.5) is 5.82 Å². The van der Waals surface area contributed by atoms with E-state index in [1.54, 1.807) is 11.8 Å². The fourth-order valence-corrected chi connectivity index (χ4v) is 2.94. The van der Waals surface area contributed by atoms with Crippen molar-refractivity contribution in [3.63, 3.8) is 0 Å². The van der Waals surface area contributed by atoms with Gasteiger partial charge in [-0.2, -0.15) is 0 Å². The molecule has 0 saturated carbocycles. The van der Waals surface area contributed by atoms with E-state index in [0.717, 1.165) is 28.1 Å². The number of nitrogens with zero attached hydrogens (tertiary/aromatic N) is 3. The quantitative estimate of drug-likeness (QED) is 0.681. The lowest BCUT2D eigenvalue weighted by Gasteiger charge is -2.16. The molecule has 0 unspecified atom stereocenters. The van der Waals surface area contributed by atoms with Gasteiger partial charge in [-0.05, 0) is 24.5 Å². The van der Waals surface area contributed by atoms with Gasteiger partial charge in [0.1, 0.15) is 5.82 Å². The second kappa shape index (κ2) is 5.74. The predicted molar refractivity (Wildman–Crippen MR) is 91.1 cm³/mol. The lowest BCUT2D eigenvalue weighted by atomic mass is 10.1. The molecule has 0 bridgehead atoms. The van der Waals surface area contributed by atoms with Crippen LogP contribution in [0.1, 0.15) is 0 Å². The topological polar surface area (TPSA) is 29.0 Å². The van der Waals surface area contributed by atoms with Crippen LogP contribution in [0, 0.1) is 0 Å². The Morgan fingerprint density at radius 2 is 1.62 bits per heavy atom. The van der Waals surface area contributed by atoms with Crippen molar-refractivity contribution in [3.05, 3.63) is 48.5 Å². The van der Waals surface area contributed by atoms with Gasteiger partial charge in [0.05, 0.1) is 5.52 Å². The van der Waals surface area contributed by atoms with Crippen LogP contribution in [-0.2, 0) is 0 Å². The summed E-state index contributed by atoms with van der Waals surface area (Å²) in [6, 6.07) is 16.4. The Morgan fingerprint density at radius 1 is 0.905 bits per heavy atom. The van der Waals surface area contributed by atoms with Gasteiger partial charge in [0, 0.05) is 29.9 Å². The van der Waals surface area contributed by atoms with Crippen molar-refractivity contribution in [2.75, 3.05) is 25.3 Å². The van der Waals surface area contributed by atoms with E-state index in [1.165, 1.54) is 4.90 Å². The van der Waals surface area contributed by atoms with Gasteiger partial charge in [0.25, 0.3) is 0 Å². The van der Waals surface area contributed by atoms with Crippen molar-refractivity contribution in [2.24, 2.45) is 0 Å². The molecule has 3 rings (SSSR count). The number of anilines is 1. The second-order valence-corrected chi connectivity index (χ2v) is 5.83. The zero-order valence-electron chi connectivity index (χ0n) is 12.4. The van der Waals surface area contributed by atoms with Crippen LogP contribution < -0.4 is 4.90 Å². The molecule has 0 atom stereocenters. The van der Waals surface area contributed by atoms with Gasteiger partial charge in [-0.15, -0.1) is 11.8 Å². The summed E-state index contributed by atoms with van der Waals surface area (Å²) in [5, 5.41) is 1.08. The van der Waals surface area contributed by atoms with Crippen molar-refractivity contribution in [2.45, 2.75) is 4.90 Å².